The Labute approximate surface area is 438 Å². The Morgan fingerprint density at radius 1 is 0.329 bits per heavy atom. The minimum atomic E-state index is 0.0960. The van der Waals surface area contributed by atoms with E-state index in [-0.39, 0.29) is 5.91 Å². The van der Waals surface area contributed by atoms with Crippen molar-refractivity contribution >= 4 is 5.91 Å². The highest BCUT2D eigenvalue weighted by molar-refractivity contribution is 5.75. The Balaban J connectivity index is 2.61. The molecule has 5 heteroatoms. The molecule has 0 unspecified atom stereocenters. The topological polar surface area (TPSA) is 56.8 Å². The van der Waals surface area contributed by atoms with Crippen molar-refractivity contribution in [1.82, 2.24) is 5.32 Å². The number of carbonyl (C=O) groups excluding carboxylic acids is 1. The van der Waals surface area contributed by atoms with E-state index >= 15 is 0 Å². The summed E-state index contributed by atoms with van der Waals surface area (Å²) in [6, 6.07) is 4.36. The molecule has 0 fully saturated rings. The van der Waals surface area contributed by atoms with E-state index in [0.717, 1.165) is 49.4 Å². The molecule has 0 atom stereocenters. The lowest BCUT2D eigenvalue weighted by Gasteiger charge is -2.19. The minimum absolute atomic E-state index is 0.0960. The summed E-state index contributed by atoms with van der Waals surface area (Å²) >= 11 is 0. The Morgan fingerprint density at radius 3 is 0.800 bits per heavy atom. The molecule has 0 bridgehead atoms. The molecule has 0 aromatic heterocycles. The molecule has 5 nitrogen and oxygen atoms in total. The van der Waals surface area contributed by atoms with Crippen LogP contribution in [-0.2, 0) is 11.2 Å². The molecule has 1 aromatic rings. The molecule has 0 aliphatic rings. The summed E-state index contributed by atoms with van der Waals surface area (Å²) in [5, 5.41) is 2.79. The average molecular weight is 983 g/mol. The largest absolute Gasteiger partial charge is 0.490 e. The summed E-state index contributed by atoms with van der Waals surface area (Å²) in [5.74, 6) is 2.55. The number of hydrogen-bond acceptors (Lipinski definition) is 4. The lowest BCUT2D eigenvalue weighted by atomic mass is 10.0. The SMILES string of the molecule is CCCCCCCCCCCCCCCCCCOc1cc(CCCC(=O)NC)cc(OCCCCCCCCCCCCCCCCCC)c1OCCCCCCCCCCCCCCCCCC. The van der Waals surface area contributed by atoms with Gasteiger partial charge in [-0.15, -0.1) is 0 Å². The van der Waals surface area contributed by atoms with Gasteiger partial charge in [0.25, 0.3) is 0 Å². The van der Waals surface area contributed by atoms with Crippen LogP contribution >= 0.6 is 0 Å². The van der Waals surface area contributed by atoms with Crippen LogP contribution in [0.25, 0.3) is 0 Å². The van der Waals surface area contributed by atoms with Gasteiger partial charge in [-0.05, 0) is 49.8 Å². The Kier molecular flexibility index (Phi) is 51.8. The Morgan fingerprint density at radius 2 is 0.557 bits per heavy atom. The van der Waals surface area contributed by atoms with Crippen molar-refractivity contribution < 1.29 is 19.0 Å². The third-order valence-electron chi connectivity index (χ3n) is 15.0. The second-order valence-corrected chi connectivity index (χ2v) is 21.9. The number of unbranched alkanes of at least 4 members (excludes halogenated alkanes) is 45. The molecule has 70 heavy (non-hydrogen) atoms. The van der Waals surface area contributed by atoms with E-state index in [1.165, 1.54) is 295 Å². The molecule has 1 aromatic carbocycles. The van der Waals surface area contributed by atoms with E-state index in [0.29, 0.717) is 26.2 Å². The quantitative estimate of drug-likeness (QED) is 0.0661. The lowest BCUT2D eigenvalue weighted by Crippen LogP contribution is -2.17. The molecule has 0 saturated heterocycles. The van der Waals surface area contributed by atoms with Crippen molar-refractivity contribution in [1.29, 1.82) is 0 Å². The summed E-state index contributed by atoms with van der Waals surface area (Å²) in [7, 11) is 1.73. The third-order valence-corrected chi connectivity index (χ3v) is 15.0. The maximum atomic E-state index is 12.1. The number of aryl methyl sites for hydroxylation is 1. The van der Waals surface area contributed by atoms with Gasteiger partial charge in [-0.1, -0.05) is 310 Å². The van der Waals surface area contributed by atoms with Crippen molar-refractivity contribution in [3.8, 4) is 17.2 Å². The molecule has 0 saturated carbocycles. The molecular formula is C65H123NO4. The summed E-state index contributed by atoms with van der Waals surface area (Å²) in [6.45, 7) is 9.01. The van der Waals surface area contributed by atoms with Gasteiger partial charge in [0.2, 0.25) is 11.7 Å². The molecular weight excluding hydrogens is 859 g/mol. The number of ether oxygens (including phenoxy) is 3. The zero-order valence-electron chi connectivity index (χ0n) is 48.0. The maximum Gasteiger partial charge on any atom is 0.219 e. The van der Waals surface area contributed by atoms with E-state index in [4.69, 9.17) is 14.2 Å². The van der Waals surface area contributed by atoms with Crippen LogP contribution in [0.4, 0.5) is 0 Å². The molecule has 0 heterocycles. The van der Waals surface area contributed by atoms with Gasteiger partial charge in [-0.2, -0.15) is 0 Å². The summed E-state index contributed by atoms with van der Waals surface area (Å²) < 4.78 is 19.9. The van der Waals surface area contributed by atoms with Crippen molar-refractivity contribution in [2.75, 3.05) is 26.9 Å². The number of amides is 1. The smallest absolute Gasteiger partial charge is 0.219 e. The van der Waals surface area contributed by atoms with Crippen molar-refractivity contribution in [2.45, 2.75) is 348 Å². The fourth-order valence-electron chi connectivity index (χ4n) is 10.2. The van der Waals surface area contributed by atoms with Crippen molar-refractivity contribution in [3.05, 3.63) is 17.7 Å². The van der Waals surface area contributed by atoms with E-state index < -0.39 is 0 Å². The normalized spacial score (nSPS) is 11.4. The van der Waals surface area contributed by atoms with E-state index in [2.05, 4.69) is 38.2 Å². The van der Waals surface area contributed by atoms with Crippen LogP contribution in [-0.4, -0.2) is 32.8 Å². The van der Waals surface area contributed by atoms with E-state index in [1.807, 2.05) is 0 Å². The molecule has 412 valence electrons. The summed E-state index contributed by atoms with van der Waals surface area (Å²) in [4.78, 5) is 12.1. The monoisotopic (exact) mass is 982 g/mol. The lowest BCUT2D eigenvalue weighted by molar-refractivity contribution is -0.120. The fourth-order valence-corrected chi connectivity index (χ4v) is 10.2. The van der Waals surface area contributed by atoms with Gasteiger partial charge >= 0.3 is 0 Å². The first kappa shape index (κ1) is 66.1. The third kappa shape index (κ3) is 44.8. The molecule has 0 spiro atoms. The summed E-state index contributed by atoms with van der Waals surface area (Å²) in [5.41, 5.74) is 1.17. The second-order valence-electron chi connectivity index (χ2n) is 21.9. The molecule has 0 aliphatic carbocycles. The second kappa shape index (κ2) is 54.9. The van der Waals surface area contributed by atoms with Crippen molar-refractivity contribution in [3.63, 3.8) is 0 Å². The molecule has 0 aliphatic heterocycles. The fraction of sp³-hybridized carbons (Fsp3) is 0.892. The maximum absolute atomic E-state index is 12.1. The predicted molar refractivity (Wildman–Crippen MR) is 309 cm³/mol. The number of benzene rings is 1. The number of carbonyl (C=O) groups is 1. The van der Waals surface area contributed by atoms with Crippen LogP contribution in [0.2, 0.25) is 0 Å². The van der Waals surface area contributed by atoms with E-state index in [9.17, 15) is 4.79 Å². The Bertz CT molecular complexity index is 1140. The molecule has 1 N–H and O–H groups in total. The van der Waals surface area contributed by atoms with Gasteiger partial charge in [0.05, 0.1) is 19.8 Å². The van der Waals surface area contributed by atoms with Crippen molar-refractivity contribution in [2.24, 2.45) is 0 Å². The zero-order valence-corrected chi connectivity index (χ0v) is 48.0. The van der Waals surface area contributed by atoms with Gasteiger partial charge < -0.3 is 19.5 Å². The first-order valence-electron chi connectivity index (χ1n) is 31.9. The van der Waals surface area contributed by atoms with Gasteiger partial charge in [0, 0.05) is 13.5 Å². The number of nitrogens with one attached hydrogen (secondary N) is 1. The Hall–Kier alpha value is -1.91. The highest BCUT2D eigenvalue weighted by Crippen LogP contribution is 2.40. The van der Waals surface area contributed by atoms with Crippen LogP contribution in [0, 0.1) is 0 Å². The molecule has 0 radical (unpaired) electrons. The highest BCUT2D eigenvalue weighted by Gasteiger charge is 2.17. The first-order valence-corrected chi connectivity index (χ1v) is 31.9. The van der Waals surface area contributed by atoms with Crippen LogP contribution in [0.5, 0.6) is 17.2 Å². The zero-order chi connectivity index (χ0) is 50.3. The molecule has 1 rings (SSSR count). The average Bonchev–Trinajstić information content (AvgIpc) is 3.37. The summed E-state index contributed by atoms with van der Waals surface area (Å²) in [6.07, 6.45) is 67.7. The van der Waals surface area contributed by atoms with Crippen LogP contribution in [0.1, 0.15) is 347 Å². The van der Waals surface area contributed by atoms with Gasteiger partial charge in [0.1, 0.15) is 0 Å². The van der Waals surface area contributed by atoms with Crippen LogP contribution in [0.15, 0.2) is 12.1 Å². The van der Waals surface area contributed by atoms with Gasteiger partial charge in [-0.25, -0.2) is 0 Å². The van der Waals surface area contributed by atoms with Crippen LogP contribution in [0.3, 0.4) is 0 Å². The molecule has 1 amide bonds. The number of rotatable bonds is 58. The first-order chi connectivity index (χ1) is 34.7. The standard InChI is InChI=1S/C65H123NO4/c1-5-8-11-14-17-20-23-26-29-32-35-38-41-44-47-50-56-68-62-59-61(54-53-55-64(67)66-4)60-63(69-57-51-48-45-42-39-36-33-30-27-24-21-18-15-12-9-6-2)65(62)70-58-52-49-46-43-40-37-34-31-28-25-22-19-16-13-10-7-3/h59-60H,5-58H2,1-4H3,(H,66,67). The minimum Gasteiger partial charge on any atom is -0.490 e. The highest BCUT2D eigenvalue weighted by atomic mass is 16.5. The van der Waals surface area contributed by atoms with Gasteiger partial charge in [-0.3, -0.25) is 4.79 Å². The van der Waals surface area contributed by atoms with Gasteiger partial charge in [0.15, 0.2) is 11.5 Å². The predicted octanol–water partition coefficient (Wildman–Crippen LogP) is 21.7. The van der Waals surface area contributed by atoms with E-state index in [1.54, 1.807) is 7.05 Å². The number of hydrogen-bond donors (Lipinski definition) is 1. The van der Waals surface area contributed by atoms with Crippen LogP contribution < -0.4 is 19.5 Å².